The second-order valence-electron chi connectivity index (χ2n) is 2.09. The van der Waals surface area contributed by atoms with Gasteiger partial charge in [-0.2, -0.15) is 17.3 Å². The molecule has 1 aromatic rings. The fraction of sp³-hybridized carbons (Fsp3) is 0.200. The van der Waals surface area contributed by atoms with Crippen LogP contribution >= 0.6 is 11.8 Å². The van der Waals surface area contributed by atoms with Crippen molar-refractivity contribution in [3.63, 3.8) is 0 Å². The van der Waals surface area contributed by atoms with Gasteiger partial charge in [-0.15, -0.1) is 0 Å². The van der Waals surface area contributed by atoms with E-state index in [9.17, 15) is 22.8 Å². The predicted octanol–water partition coefficient (Wildman–Crippen LogP) is 0.557. The third kappa shape index (κ3) is 1.74. The molecule has 1 aromatic heterocycles. The molecule has 0 saturated heterocycles. The lowest BCUT2D eigenvalue weighted by molar-refractivity contribution is -0.139. The summed E-state index contributed by atoms with van der Waals surface area (Å²) in [5.74, 6) is 0. The van der Waals surface area contributed by atoms with E-state index in [0.29, 0.717) is 0 Å². The van der Waals surface area contributed by atoms with Gasteiger partial charge in [0.1, 0.15) is 5.56 Å². The maximum absolute atomic E-state index is 12.0. The zero-order valence-electron chi connectivity index (χ0n) is 5.85. The van der Waals surface area contributed by atoms with Crippen molar-refractivity contribution in [3.8, 4) is 0 Å². The number of aromatic amines is 1. The maximum Gasteiger partial charge on any atom is 0.423 e. The zero-order valence-corrected chi connectivity index (χ0v) is 6.61. The molecule has 0 fully saturated rings. The van der Waals surface area contributed by atoms with E-state index in [0.717, 1.165) is 0 Å². The van der Waals surface area contributed by atoms with Crippen molar-refractivity contribution in [2.45, 2.75) is 6.18 Å². The molecule has 8 heteroatoms. The van der Waals surface area contributed by atoms with E-state index in [1.54, 1.807) is 4.98 Å². The van der Waals surface area contributed by atoms with Crippen LogP contribution in [0.5, 0.6) is 0 Å². The van der Waals surface area contributed by atoms with Crippen LogP contribution in [0.15, 0.2) is 15.8 Å². The lowest BCUT2D eigenvalue weighted by Gasteiger charge is -2.04. The average molecular weight is 215 g/mol. The van der Waals surface area contributed by atoms with Gasteiger partial charge in [-0.1, -0.05) is 0 Å². The standard InChI is InChI=1S/C5H2ClF3N2O2/c6-11-3(12)2(5(7,8)9)1-10-4(11)13/h1H,(H,10,13). The predicted molar refractivity (Wildman–Crippen MR) is 37.6 cm³/mol. The van der Waals surface area contributed by atoms with Crippen LogP contribution in [0.4, 0.5) is 13.2 Å². The highest BCUT2D eigenvalue weighted by molar-refractivity contribution is 6.15. The lowest BCUT2D eigenvalue weighted by atomic mass is 10.3. The normalized spacial score (nSPS) is 11.7. The number of nitrogens with one attached hydrogen (secondary N) is 1. The van der Waals surface area contributed by atoms with Gasteiger partial charge in [-0.3, -0.25) is 4.79 Å². The first kappa shape index (κ1) is 9.85. The Kier molecular flexibility index (Phi) is 2.21. The zero-order chi connectivity index (χ0) is 10.2. The first-order chi connectivity index (χ1) is 5.84. The number of nitrogens with zero attached hydrogens (tertiary/aromatic N) is 1. The van der Waals surface area contributed by atoms with E-state index < -0.39 is 23.0 Å². The molecular formula is C5H2ClF3N2O2. The van der Waals surface area contributed by atoms with Crippen LogP contribution in [0.25, 0.3) is 0 Å². The van der Waals surface area contributed by atoms with Gasteiger partial charge in [0.25, 0.3) is 5.56 Å². The van der Waals surface area contributed by atoms with Gasteiger partial charge >= 0.3 is 11.9 Å². The molecule has 1 rings (SSSR count). The summed E-state index contributed by atoms with van der Waals surface area (Å²) in [5.41, 5.74) is -4.21. The summed E-state index contributed by atoms with van der Waals surface area (Å²) in [6.07, 6.45) is -4.54. The molecule has 1 N–H and O–H groups in total. The van der Waals surface area contributed by atoms with E-state index >= 15 is 0 Å². The van der Waals surface area contributed by atoms with Crippen LogP contribution in [0.3, 0.4) is 0 Å². The second-order valence-corrected chi connectivity index (χ2v) is 2.43. The van der Waals surface area contributed by atoms with Gasteiger partial charge in [-0.25, -0.2) is 4.79 Å². The number of alkyl halides is 3. The molecule has 0 spiro atoms. The minimum atomic E-state index is -4.82. The van der Waals surface area contributed by atoms with E-state index in [4.69, 9.17) is 11.8 Å². The number of hydrogen-bond acceptors (Lipinski definition) is 2. The highest BCUT2D eigenvalue weighted by Crippen LogP contribution is 2.25. The van der Waals surface area contributed by atoms with Gasteiger partial charge in [-0.05, 0) is 0 Å². The Bertz CT molecular complexity index is 433. The number of hydrogen-bond donors (Lipinski definition) is 1. The largest absolute Gasteiger partial charge is 0.423 e. The van der Waals surface area contributed by atoms with E-state index in [-0.39, 0.29) is 10.3 Å². The summed E-state index contributed by atoms with van der Waals surface area (Å²) in [6.45, 7) is 0. The van der Waals surface area contributed by atoms with Crippen molar-refractivity contribution in [2.24, 2.45) is 0 Å². The molecule has 72 valence electrons. The van der Waals surface area contributed by atoms with Gasteiger partial charge in [0.2, 0.25) is 0 Å². The van der Waals surface area contributed by atoms with Crippen LogP contribution in [0, 0.1) is 0 Å². The molecular weight excluding hydrogens is 213 g/mol. The van der Waals surface area contributed by atoms with Gasteiger partial charge in [0, 0.05) is 18.0 Å². The third-order valence-corrected chi connectivity index (χ3v) is 1.54. The highest BCUT2D eigenvalue weighted by atomic mass is 35.5. The van der Waals surface area contributed by atoms with Crippen LogP contribution in [0.1, 0.15) is 5.56 Å². The average Bonchev–Trinajstić information content (AvgIpc) is 1.98. The van der Waals surface area contributed by atoms with Gasteiger partial charge in [0.15, 0.2) is 0 Å². The molecule has 0 aliphatic rings. The fourth-order valence-electron chi connectivity index (χ4n) is 0.653. The van der Waals surface area contributed by atoms with Crippen LogP contribution in [-0.2, 0) is 6.18 Å². The molecule has 0 radical (unpaired) electrons. The van der Waals surface area contributed by atoms with Crippen LogP contribution < -0.4 is 11.2 Å². The van der Waals surface area contributed by atoms with E-state index in [2.05, 4.69) is 0 Å². The quantitative estimate of drug-likeness (QED) is 0.686. The summed E-state index contributed by atoms with van der Waals surface area (Å²) in [6, 6.07) is 0. The van der Waals surface area contributed by atoms with Crippen molar-refractivity contribution >= 4 is 11.8 Å². The molecule has 1 heterocycles. The molecule has 0 aliphatic heterocycles. The number of halogens is 4. The van der Waals surface area contributed by atoms with E-state index in [1.807, 2.05) is 0 Å². The molecule has 0 aromatic carbocycles. The first-order valence-corrected chi connectivity index (χ1v) is 3.26. The molecule has 0 saturated carbocycles. The Balaban J connectivity index is 3.54. The minimum Gasteiger partial charge on any atom is -0.312 e. The van der Waals surface area contributed by atoms with Crippen LogP contribution in [0.2, 0.25) is 0 Å². The summed E-state index contributed by atoms with van der Waals surface area (Å²) >= 11 is 4.95. The second kappa shape index (κ2) is 2.91. The summed E-state index contributed by atoms with van der Waals surface area (Å²) < 4.78 is 35.7. The fourth-order valence-corrected chi connectivity index (χ4v) is 0.793. The monoisotopic (exact) mass is 214 g/mol. The van der Waals surface area contributed by atoms with E-state index in [1.165, 1.54) is 0 Å². The van der Waals surface area contributed by atoms with Crippen molar-refractivity contribution in [3.05, 3.63) is 32.6 Å². The summed E-state index contributed by atoms with van der Waals surface area (Å²) in [5, 5.41) is 0. The Morgan fingerprint density at radius 3 is 2.38 bits per heavy atom. The Hall–Kier alpha value is -1.24. The van der Waals surface area contributed by atoms with Gasteiger partial charge < -0.3 is 4.98 Å². The van der Waals surface area contributed by atoms with Crippen molar-refractivity contribution < 1.29 is 13.2 Å². The van der Waals surface area contributed by atoms with Crippen molar-refractivity contribution in [1.29, 1.82) is 0 Å². The summed E-state index contributed by atoms with van der Waals surface area (Å²) in [7, 11) is 0. The topological polar surface area (TPSA) is 54.9 Å². The Labute approximate surface area is 73.7 Å². The molecule has 4 nitrogen and oxygen atoms in total. The molecule has 0 aliphatic carbocycles. The van der Waals surface area contributed by atoms with Crippen molar-refractivity contribution in [2.75, 3.05) is 0 Å². The number of rotatable bonds is 0. The Morgan fingerprint density at radius 2 is 1.92 bits per heavy atom. The molecule has 13 heavy (non-hydrogen) atoms. The smallest absolute Gasteiger partial charge is 0.312 e. The highest BCUT2D eigenvalue weighted by Gasteiger charge is 2.35. The minimum absolute atomic E-state index is 0.164. The molecule has 0 atom stereocenters. The Morgan fingerprint density at radius 1 is 1.38 bits per heavy atom. The maximum atomic E-state index is 12.0. The molecule has 0 unspecified atom stereocenters. The lowest BCUT2D eigenvalue weighted by Crippen LogP contribution is -2.34. The van der Waals surface area contributed by atoms with Gasteiger partial charge in [0.05, 0.1) is 0 Å². The first-order valence-electron chi connectivity index (χ1n) is 2.92. The van der Waals surface area contributed by atoms with Crippen molar-refractivity contribution in [1.82, 2.24) is 9.07 Å². The molecule has 0 bridgehead atoms. The summed E-state index contributed by atoms with van der Waals surface area (Å²) in [4.78, 5) is 22.9. The number of H-pyrrole nitrogens is 1. The van der Waals surface area contributed by atoms with Crippen LogP contribution in [-0.4, -0.2) is 9.07 Å². The third-order valence-electron chi connectivity index (χ3n) is 1.23. The number of aromatic nitrogens is 2. The molecule has 0 amide bonds. The SMILES string of the molecule is O=c1[nH]cc(C(F)(F)F)c(=O)n1Cl.